The first-order valence-electron chi connectivity index (χ1n) is 3.05. The van der Waals surface area contributed by atoms with Crippen LogP contribution in [0.25, 0.3) is 0 Å². The van der Waals surface area contributed by atoms with Gasteiger partial charge < -0.3 is 10.5 Å². The van der Waals surface area contributed by atoms with E-state index in [-0.39, 0.29) is 0 Å². The highest BCUT2D eigenvalue weighted by atomic mass is 79.9. The lowest BCUT2D eigenvalue weighted by Gasteiger charge is -2.09. The average molecular weight is 360 g/mol. The van der Waals surface area contributed by atoms with Crippen LogP contribution in [-0.2, 0) is 0 Å². The van der Waals surface area contributed by atoms with Gasteiger partial charge in [-0.1, -0.05) is 0 Å². The number of hydrogen-bond acceptors (Lipinski definition) is 2. The first-order chi connectivity index (χ1) is 5.57. The summed E-state index contributed by atoms with van der Waals surface area (Å²) in [4.78, 5) is 0. The van der Waals surface area contributed by atoms with Crippen molar-refractivity contribution in [2.24, 2.45) is 0 Å². The van der Waals surface area contributed by atoms with Gasteiger partial charge >= 0.3 is 0 Å². The molecule has 0 aliphatic rings. The van der Waals surface area contributed by atoms with Crippen LogP contribution in [0.5, 0.6) is 5.75 Å². The van der Waals surface area contributed by atoms with Crippen LogP contribution in [0.4, 0.5) is 5.69 Å². The first kappa shape index (κ1) is 10.3. The van der Waals surface area contributed by atoms with Crippen molar-refractivity contribution in [2.75, 3.05) is 12.8 Å². The Balaban J connectivity index is 3.40. The fourth-order valence-corrected chi connectivity index (χ4v) is 2.41. The Labute approximate surface area is 95.9 Å². The lowest BCUT2D eigenvalue weighted by atomic mass is 10.3. The van der Waals surface area contributed by atoms with Crippen LogP contribution in [0.3, 0.4) is 0 Å². The number of nitrogen functional groups attached to an aromatic ring is 1. The van der Waals surface area contributed by atoms with E-state index in [1.807, 2.05) is 0 Å². The molecule has 0 aliphatic heterocycles. The van der Waals surface area contributed by atoms with E-state index in [1.54, 1.807) is 13.2 Å². The molecule has 0 fully saturated rings. The number of methoxy groups -OCH3 is 1. The molecule has 0 aromatic heterocycles. The van der Waals surface area contributed by atoms with E-state index in [9.17, 15) is 0 Å². The Morgan fingerprint density at radius 3 is 2.33 bits per heavy atom. The number of rotatable bonds is 1. The van der Waals surface area contributed by atoms with Gasteiger partial charge in [-0.3, -0.25) is 0 Å². The summed E-state index contributed by atoms with van der Waals surface area (Å²) >= 11 is 10.1. The SMILES string of the molecule is COc1c(N)cc(Br)c(Br)c1Br. The molecule has 0 spiro atoms. The summed E-state index contributed by atoms with van der Waals surface area (Å²) in [7, 11) is 1.58. The van der Waals surface area contributed by atoms with Crippen molar-refractivity contribution < 1.29 is 4.74 Å². The Hall–Kier alpha value is 0.260. The second kappa shape index (κ2) is 3.98. The fraction of sp³-hybridized carbons (Fsp3) is 0.143. The zero-order valence-corrected chi connectivity index (χ0v) is 11.0. The summed E-state index contributed by atoms with van der Waals surface area (Å²) in [6, 6.07) is 1.79. The van der Waals surface area contributed by atoms with Gasteiger partial charge in [0.2, 0.25) is 0 Å². The molecule has 0 heterocycles. The van der Waals surface area contributed by atoms with E-state index < -0.39 is 0 Å². The summed E-state index contributed by atoms with van der Waals surface area (Å²) in [6.45, 7) is 0. The minimum Gasteiger partial charge on any atom is -0.493 e. The predicted octanol–water partition coefficient (Wildman–Crippen LogP) is 3.56. The van der Waals surface area contributed by atoms with Gasteiger partial charge in [0, 0.05) is 8.95 Å². The fourth-order valence-electron chi connectivity index (χ4n) is 0.804. The monoisotopic (exact) mass is 357 g/mol. The zero-order chi connectivity index (χ0) is 9.30. The van der Waals surface area contributed by atoms with Crippen LogP contribution in [0.1, 0.15) is 0 Å². The third kappa shape index (κ3) is 1.78. The predicted molar refractivity (Wildman–Crippen MR) is 60.5 cm³/mol. The summed E-state index contributed by atoms with van der Waals surface area (Å²) in [5, 5.41) is 0. The quantitative estimate of drug-likeness (QED) is 0.614. The molecule has 0 saturated heterocycles. The largest absolute Gasteiger partial charge is 0.493 e. The number of ether oxygens (including phenoxy) is 1. The third-order valence-corrected chi connectivity index (χ3v) is 4.62. The van der Waals surface area contributed by atoms with Gasteiger partial charge in [0.15, 0.2) is 5.75 Å². The van der Waals surface area contributed by atoms with Crippen LogP contribution >= 0.6 is 47.8 Å². The van der Waals surface area contributed by atoms with Gasteiger partial charge in [-0.2, -0.15) is 0 Å². The topological polar surface area (TPSA) is 35.2 Å². The summed E-state index contributed by atoms with van der Waals surface area (Å²) in [6.07, 6.45) is 0. The van der Waals surface area contributed by atoms with Gasteiger partial charge in [-0.15, -0.1) is 0 Å². The molecule has 5 heteroatoms. The molecule has 0 saturated carbocycles. The van der Waals surface area contributed by atoms with Gasteiger partial charge in [-0.25, -0.2) is 0 Å². The van der Waals surface area contributed by atoms with Crippen molar-refractivity contribution >= 4 is 53.5 Å². The van der Waals surface area contributed by atoms with Crippen LogP contribution in [0.15, 0.2) is 19.5 Å². The molecule has 0 atom stereocenters. The summed E-state index contributed by atoms with van der Waals surface area (Å²) < 4.78 is 7.70. The molecule has 1 rings (SSSR count). The molecule has 2 N–H and O–H groups in total. The van der Waals surface area contributed by atoms with Crippen molar-refractivity contribution in [1.29, 1.82) is 0 Å². The minimum absolute atomic E-state index is 0.597. The molecule has 66 valence electrons. The molecule has 0 radical (unpaired) electrons. The molecular formula is C7H6Br3NO. The van der Waals surface area contributed by atoms with E-state index in [0.717, 1.165) is 13.4 Å². The molecule has 1 aromatic rings. The van der Waals surface area contributed by atoms with Crippen LogP contribution < -0.4 is 10.5 Å². The standard InChI is InChI=1S/C7H6Br3NO/c1-12-7-4(11)2-3(8)5(9)6(7)10/h2H,11H2,1H3. The van der Waals surface area contributed by atoms with Gasteiger partial charge in [0.25, 0.3) is 0 Å². The molecule has 0 bridgehead atoms. The molecule has 12 heavy (non-hydrogen) atoms. The Bertz CT molecular complexity index is 314. The molecule has 2 nitrogen and oxygen atoms in total. The van der Waals surface area contributed by atoms with Crippen molar-refractivity contribution in [1.82, 2.24) is 0 Å². The lowest BCUT2D eigenvalue weighted by Crippen LogP contribution is -1.94. The summed E-state index contributed by atoms with van der Waals surface area (Å²) in [5.41, 5.74) is 6.29. The highest BCUT2D eigenvalue weighted by Gasteiger charge is 2.11. The number of halogens is 3. The van der Waals surface area contributed by atoms with Crippen LogP contribution in [0, 0.1) is 0 Å². The highest BCUT2D eigenvalue weighted by molar-refractivity contribution is 9.14. The summed E-state index contributed by atoms with van der Waals surface area (Å²) in [5.74, 6) is 0.644. The van der Waals surface area contributed by atoms with E-state index >= 15 is 0 Å². The van der Waals surface area contributed by atoms with Crippen LogP contribution in [-0.4, -0.2) is 7.11 Å². The Morgan fingerprint density at radius 2 is 1.83 bits per heavy atom. The van der Waals surface area contributed by atoms with Gasteiger partial charge in [0.05, 0.1) is 17.3 Å². The van der Waals surface area contributed by atoms with E-state index in [2.05, 4.69) is 47.8 Å². The Kier molecular flexibility index (Phi) is 3.43. The van der Waals surface area contributed by atoms with Crippen molar-refractivity contribution in [3.8, 4) is 5.75 Å². The molecular weight excluding hydrogens is 354 g/mol. The first-order valence-corrected chi connectivity index (χ1v) is 5.42. The van der Waals surface area contributed by atoms with E-state index in [0.29, 0.717) is 11.4 Å². The normalized spacial score (nSPS) is 10.0. The third-order valence-electron chi connectivity index (χ3n) is 1.35. The second-order valence-electron chi connectivity index (χ2n) is 2.11. The zero-order valence-electron chi connectivity index (χ0n) is 6.20. The lowest BCUT2D eigenvalue weighted by molar-refractivity contribution is 0.414. The minimum atomic E-state index is 0.597. The van der Waals surface area contributed by atoms with Crippen molar-refractivity contribution in [3.05, 3.63) is 19.5 Å². The second-order valence-corrected chi connectivity index (χ2v) is 4.55. The van der Waals surface area contributed by atoms with Crippen molar-refractivity contribution in [3.63, 3.8) is 0 Å². The maximum atomic E-state index is 5.70. The van der Waals surface area contributed by atoms with Gasteiger partial charge in [-0.05, 0) is 53.9 Å². The number of anilines is 1. The van der Waals surface area contributed by atoms with E-state index in [4.69, 9.17) is 10.5 Å². The Morgan fingerprint density at radius 1 is 1.25 bits per heavy atom. The van der Waals surface area contributed by atoms with E-state index in [1.165, 1.54) is 0 Å². The number of hydrogen-bond donors (Lipinski definition) is 1. The molecule has 0 unspecified atom stereocenters. The van der Waals surface area contributed by atoms with Crippen molar-refractivity contribution in [2.45, 2.75) is 0 Å². The highest BCUT2D eigenvalue weighted by Crippen LogP contribution is 2.41. The number of benzene rings is 1. The number of nitrogens with two attached hydrogens (primary N) is 1. The molecule has 1 aromatic carbocycles. The maximum Gasteiger partial charge on any atom is 0.157 e. The molecule has 0 amide bonds. The van der Waals surface area contributed by atoms with Gasteiger partial charge in [0.1, 0.15) is 0 Å². The maximum absolute atomic E-state index is 5.70. The van der Waals surface area contributed by atoms with Crippen LogP contribution in [0.2, 0.25) is 0 Å². The smallest absolute Gasteiger partial charge is 0.157 e. The average Bonchev–Trinajstić information content (AvgIpc) is 2.01. The molecule has 0 aliphatic carbocycles.